The number of nitrogens with zero attached hydrogens (tertiary/aromatic N) is 6. The summed E-state index contributed by atoms with van der Waals surface area (Å²) in [5.41, 5.74) is 1.11. The van der Waals surface area contributed by atoms with Crippen LogP contribution in [0.25, 0.3) is 16.9 Å². The third kappa shape index (κ3) is 6.28. The van der Waals surface area contributed by atoms with E-state index < -0.39 is 18.2 Å². The van der Waals surface area contributed by atoms with Gasteiger partial charge in [0.15, 0.2) is 11.5 Å². The van der Waals surface area contributed by atoms with Crippen LogP contribution in [0.5, 0.6) is 0 Å². The molecule has 1 aliphatic heterocycles. The first-order valence-electron chi connectivity index (χ1n) is 11.7. The van der Waals surface area contributed by atoms with Crippen molar-refractivity contribution in [1.82, 2.24) is 24.5 Å². The molecule has 13 heteroatoms. The van der Waals surface area contributed by atoms with E-state index in [1.54, 1.807) is 21.6 Å². The molecular weight excluding hydrogens is 488 g/mol. The molecule has 0 amide bonds. The minimum Gasteiger partial charge on any atom is -0.377 e. The van der Waals surface area contributed by atoms with Gasteiger partial charge in [0.25, 0.3) is 10.1 Å². The number of rotatable bonds is 10. The molecule has 4 rings (SSSR count). The van der Waals surface area contributed by atoms with Crippen molar-refractivity contribution in [2.24, 2.45) is 0 Å². The number of hydrogen-bond donors (Lipinski definition) is 0. The van der Waals surface area contributed by atoms with Crippen molar-refractivity contribution in [2.75, 3.05) is 38.4 Å². The van der Waals surface area contributed by atoms with E-state index in [1.807, 2.05) is 12.3 Å². The van der Waals surface area contributed by atoms with E-state index in [0.717, 1.165) is 6.04 Å². The molecule has 3 aromatic rings. The highest BCUT2D eigenvalue weighted by molar-refractivity contribution is 7.85. The highest BCUT2D eigenvalue weighted by atomic mass is 32.2. The van der Waals surface area contributed by atoms with Crippen LogP contribution in [0.15, 0.2) is 24.5 Å². The second kappa shape index (κ2) is 10.3. The van der Waals surface area contributed by atoms with Crippen molar-refractivity contribution in [1.29, 1.82) is 0 Å². The normalized spacial score (nSPS) is 17.4. The lowest BCUT2D eigenvalue weighted by Gasteiger charge is -2.34. The monoisotopic (exact) mass is 522 g/mol. The lowest BCUT2D eigenvalue weighted by atomic mass is 10.2. The van der Waals surface area contributed by atoms with Crippen LogP contribution in [-0.2, 0) is 36.3 Å². The molecule has 1 aliphatic rings. The van der Waals surface area contributed by atoms with Crippen LogP contribution in [0.1, 0.15) is 12.5 Å². The second-order valence-electron chi connectivity index (χ2n) is 9.98. The molecular formula is C22H34N6O5SSi. The van der Waals surface area contributed by atoms with Gasteiger partial charge in [-0.15, -0.1) is 0 Å². The standard InChI is InChI=1S/C22H34N6O5SSi/c1-17-14-32-9-8-27(17)21-12-18(15-34(29,30)31-2)19-13-23-28(22(19)24-21)20-6-7-26(25-20)16-33-10-11-35(3,4)5/h6-7,12-13,17H,8-11,14-16H2,1-5H3/t17-/m1/s1. The fraction of sp³-hybridized carbons (Fsp3) is 0.591. The summed E-state index contributed by atoms with van der Waals surface area (Å²) in [7, 11) is -3.73. The maximum Gasteiger partial charge on any atom is 0.271 e. The van der Waals surface area contributed by atoms with E-state index in [-0.39, 0.29) is 11.8 Å². The van der Waals surface area contributed by atoms with Gasteiger partial charge in [0.1, 0.15) is 18.3 Å². The summed E-state index contributed by atoms with van der Waals surface area (Å²) in [6.45, 7) is 11.9. The zero-order valence-electron chi connectivity index (χ0n) is 21.0. The first-order valence-corrected chi connectivity index (χ1v) is 17.0. The Morgan fingerprint density at radius 3 is 2.77 bits per heavy atom. The van der Waals surface area contributed by atoms with Crippen LogP contribution in [0.3, 0.4) is 0 Å². The Morgan fingerprint density at radius 2 is 2.06 bits per heavy atom. The summed E-state index contributed by atoms with van der Waals surface area (Å²) in [5, 5.41) is 9.73. The van der Waals surface area contributed by atoms with E-state index >= 15 is 0 Å². The summed E-state index contributed by atoms with van der Waals surface area (Å²) in [5.74, 6) is 0.971. The molecule has 4 heterocycles. The quantitative estimate of drug-likeness (QED) is 0.225. The number of hydrogen-bond acceptors (Lipinski definition) is 9. The number of morpholine rings is 1. The maximum absolute atomic E-state index is 12.3. The van der Waals surface area contributed by atoms with E-state index in [4.69, 9.17) is 18.6 Å². The molecule has 1 atom stereocenters. The van der Waals surface area contributed by atoms with Gasteiger partial charge in [-0.25, -0.2) is 9.67 Å². The van der Waals surface area contributed by atoms with Crippen LogP contribution >= 0.6 is 0 Å². The summed E-state index contributed by atoms with van der Waals surface area (Å²) in [6.07, 6.45) is 3.46. The zero-order valence-corrected chi connectivity index (χ0v) is 22.8. The summed E-state index contributed by atoms with van der Waals surface area (Å²) < 4.78 is 44.0. The molecule has 0 saturated carbocycles. The predicted octanol–water partition coefficient (Wildman–Crippen LogP) is 2.63. The first-order chi connectivity index (χ1) is 16.6. The molecule has 0 spiro atoms. The van der Waals surface area contributed by atoms with Crippen LogP contribution in [0, 0.1) is 0 Å². The molecule has 0 N–H and O–H groups in total. The Hall–Kier alpha value is -2.32. The number of fused-ring (bicyclic) bond motifs is 1. The van der Waals surface area contributed by atoms with E-state index in [1.165, 1.54) is 7.11 Å². The molecule has 3 aromatic heterocycles. The lowest BCUT2D eigenvalue weighted by Crippen LogP contribution is -2.44. The predicted molar refractivity (Wildman–Crippen MR) is 136 cm³/mol. The molecule has 0 bridgehead atoms. The molecule has 1 saturated heterocycles. The van der Waals surface area contributed by atoms with Crippen LogP contribution in [0.4, 0.5) is 5.82 Å². The maximum atomic E-state index is 12.3. The van der Waals surface area contributed by atoms with Gasteiger partial charge < -0.3 is 14.4 Å². The van der Waals surface area contributed by atoms with Gasteiger partial charge in [-0.2, -0.15) is 23.3 Å². The number of anilines is 1. The molecule has 192 valence electrons. The summed E-state index contributed by atoms with van der Waals surface area (Å²) in [4.78, 5) is 6.99. The highest BCUT2D eigenvalue weighted by Gasteiger charge is 2.25. The minimum atomic E-state index is -3.74. The second-order valence-corrected chi connectivity index (χ2v) is 17.3. The van der Waals surface area contributed by atoms with E-state index in [0.29, 0.717) is 61.3 Å². The first kappa shape index (κ1) is 25.8. The number of pyridine rings is 1. The minimum absolute atomic E-state index is 0.101. The van der Waals surface area contributed by atoms with E-state index in [9.17, 15) is 8.42 Å². The van der Waals surface area contributed by atoms with Gasteiger partial charge in [0, 0.05) is 38.9 Å². The van der Waals surface area contributed by atoms with E-state index in [2.05, 4.69) is 41.7 Å². The van der Waals surface area contributed by atoms with Gasteiger partial charge in [-0.3, -0.25) is 4.18 Å². The summed E-state index contributed by atoms with van der Waals surface area (Å²) >= 11 is 0. The van der Waals surface area contributed by atoms with Crippen LogP contribution in [0.2, 0.25) is 25.7 Å². The Kier molecular flexibility index (Phi) is 7.62. The van der Waals surface area contributed by atoms with Crippen molar-refractivity contribution in [3.8, 4) is 5.82 Å². The van der Waals surface area contributed by atoms with Gasteiger partial charge >= 0.3 is 0 Å². The Morgan fingerprint density at radius 1 is 1.26 bits per heavy atom. The Labute approximate surface area is 207 Å². The Balaban J connectivity index is 1.66. The average molecular weight is 523 g/mol. The smallest absolute Gasteiger partial charge is 0.271 e. The van der Waals surface area contributed by atoms with Gasteiger partial charge in [0.2, 0.25) is 0 Å². The van der Waals surface area contributed by atoms with Crippen molar-refractivity contribution in [2.45, 2.75) is 51.1 Å². The summed E-state index contributed by atoms with van der Waals surface area (Å²) in [6, 6.07) is 4.83. The van der Waals surface area contributed by atoms with Gasteiger partial charge in [-0.1, -0.05) is 19.6 Å². The molecule has 1 fully saturated rings. The largest absolute Gasteiger partial charge is 0.377 e. The van der Waals surface area contributed by atoms with Crippen molar-refractivity contribution in [3.63, 3.8) is 0 Å². The zero-order chi connectivity index (χ0) is 25.2. The Bertz CT molecular complexity index is 1270. The molecule has 35 heavy (non-hydrogen) atoms. The molecule has 0 aromatic carbocycles. The average Bonchev–Trinajstić information content (AvgIpc) is 3.43. The SMILES string of the molecule is COS(=O)(=O)Cc1cc(N2CCOC[C@H]2C)nc2c1cnn2-c1ccn(COCC[Si](C)(C)C)n1. The van der Waals surface area contributed by atoms with Crippen LogP contribution in [-0.4, -0.2) is 80.6 Å². The van der Waals surface area contributed by atoms with Gasteiger partial charge in [-0.05, 0) is 24.6 Å². The lowest BCUT2D eigenvalue weighted by molar-refractivity contribution is 0.0785. The van der Waals surface area contributed by atoms with Crippen LogP contribution < -0.4 is 4.90 Å². The number of aromatic nitrogens is 5. The fourth-order valence-corrected chi connectivity index (χ4v) is 5.37. The van der Waals surface area contributed by atoms with Crippen molar-refractivity contribution < 1.29 is 22.1 Å². The third-order valence-electron chi connectivity index (χ3n) is 5.93. The fourth-order valence-electron chi connectivity index (χ4n) is 3.87. The van der Waals surface area contributed by atoms with Gasteiger partial charge in [0.05, 0.1) is 32.6 Å². The van der Waals surface area contributed by atoms with Crippen molar-refractivity contribution in [3.05, 3.63) is 30.1 Å². The molecule has 0 unspecified atom stereocenters. The molecule has 11 nitrogen and oxygen atoms in total. The third-order valence-corrected chi connectivity index (χ3v) is 8.80. The van der Waals surface area contributed by atoms with Crippen molar-refractivity contribution >= 4 is 35.0 Å². The number of ether oxygens (including phenoxy) is 2. The molecule has 0 radical (unpaired) electrons. The highest BCUT2D eigenvalue weighted by Crippen LogP contribution is 2.28. The molecule has 0 aliphatic carbocycles. The topological polar surface area (TPSA) is 114 Å².